The second-order valence-corrected chi connectivity index (χ2v) is 8.60. The summed E-state index contributed by atoms with van der Waals surface area (Å²) >= 11 is 3.00. The fraction of sp³-hybridized carbons (Fsp3) is 0.150. The Morgan fingerprint density at radius 3 is 2.79 bits per heavy atom. The summed E-state index contributed by atoms with van der Waals surface area (Å²) < 4.78 is 20.5. The number of aromatic nitrogens is 2. The summed E-state index contributed by atoms with van der Waals surface area (Å²) in [6, 6.07) is 12.1. The Kier molecular flexibility index (Phi) is 5.15. The number of nitrogens with one attached hydrogen (secondary N) is 1. The minimum atomic E-state index is -0.413. The molecule has 2 aromatic heterocycles. The van der Waals surface area contributed by atoms with Gasteiger partial charge in [0.25, 0.3) is 5.91 Å². The first-order valence-corrected chi connectivity index (χ1v) is 10.3. The van der Waals surface area contributed by atoms with E-state index in [9.17, 15) is 9.18 Å². The van der Waals surface area contributed by atoms with Gasteiger partial charge in [-0.25, -0.2) is 4.39 Å². The van der Waals surface area contributed by atoms with Gasteiger partial charge in [-0.3, -0.25) is 4.79 Å². The molecule has 0 saturated carbocycles. The average Bonchev–Trinajstić information content (AvgIpc) is 3.26. The van der Waals surface area contributed by atoms with Crippen LogP contribution in [0.5, 0.6) is 0 Å². The number of aryl methyl sites for hydroxylation is 2. The van der Waals surface area contributed by atoms with Gasteiger partial charge >= 0.3 is 0 Å². The first-order valence-electron chi connectivity index (χ1n) is 8.52. The molecule has 0 bridgehead atoms. The van der Waals surface area contributed by atoms with Crippen LogP contribution in [0, 0.1) is 19.7 Å². The molecule has 0 aliphatic carbocycles. The SMILES string of the molecule is Cc1nnc(SCc2c(C(=O)Nc3ccc(C)c(F)c3)oc3ccccc23)s1. The van der Waals surface area contributed by atoms with Crippen LogP contribution in [-0.4, -0.2) is 16.1 Å². The Balaban J connectivity index is 1.65. The van der Waals surface area contributed by atoms with Gasteiger partial charge in [0.2, 0.25) is 0 Å². The predicted octanol–water partition coefficient (Wildman–Crippen LogP) is 5.58. The largest absolute Gasteiger partial charge is 0.451 e. The van der Waals surface area contributed by atoms with E-state index in [-0.39, 0.29) is 11.6 Å². The van der Waals surface area contributed by atoms with E-state index in [0.717, 1.165) is 20.3 Å². The molecule has 0 unspecified atom stereocenters. The van der Waals surface area contributed by atoms with Gasteiger partial charge in [-0.05, 0) is 37.6 Å². The molecule has 4 aromatic rings. The third-order valence-electron chi connectivity index (χ3n) is 4.18. The number of carbonyl (C=O) groups excluding carboxylic acids is 1. The van der Waals surface area contributed by atoms with E-state index in [2.05, 4.69) is 15.5 Å². The van der Waals surface area contributed by atoms with Crippen LogP contribution >= 0.6 is 23.1 Å². The number of thioether (sulfide) groups is 1. The summed E-state index contributed by atoms with van der Waals surface area (Å²) in [5.41, 5.74) is 2.31. The molecule has 28 heavy (non-hydrogen) atoms. The zero-order chi connectivity index (χ0) is 19.7. The smallest absolute Gasteiger partial charge is 0.291 e. The van der Waals surface area contributed by atoms with Crippen LogP contribution in [0.2, 0.25) is 0 Å². The Bertz CT molecular complexity index is 1170. The van der Waals surface area contributed by atoms with Gasteiger partial charge in [-0.1, -0.05) is 47.4 Å². The lowest BCUT2D eigenvalue weighted by Crippen LogP contribution is -2.13. The molecular formula is C20H16FN3O2S2. The first kappa shape index (κ1) is 18.6. The van der Waals surface area contributed by atoms with E-state index in [4.69, 9.17) is 4.42 Å². The highest BCUT2D eigenvalue weighted by Gasteiger charge is 2.21. The summed E-state index contributed by atoms with van der Waals surface area (Å²) in [4.78, 5) is 12.9. The van der Waals surface area contributed by atoms with E-state index in [1.54, 1.807) is 19.1 Å². The highest BCUT2D eigenvalue weighted by Crippen LogP contribution is 2.33. The van der Waals surface area contributed by atoms with Gasteiger partial charge in [0.1, 0.15) is 16.4 Å². The van der Waals surface area contributed by atoms with Crippen molar-refractivity contribution < 1.29 is 13.6 Å². The lowest BCUT2D eigenvalue weighted by molar-refractivity contribution is 0.0998. The first-order chi connectivity index (χ1) is 13.5. The fourth-order valence-electron chi connectivity index (χ4n) is 2.75. The topological polar surface area (TPSA) is 68.0 Å². The second-order valence-electron chi connectivity index (χ2n) is 6.20. The Hall–Kier alpha value is -2.71. The molecular weight excluding hydrogens is 397 g/mol. The highest BCUT2D eigenvalue weighted by atomic mass is 32.2. The molecule has 0 spiro atoms. The number of fused-ring (bicyclic) bond motifs is 1. The van der Waals surface area contributed by atoms with Crippen LogP contribution in [0.1, 0.15) is 26.7 Å². The van der Waals surface area contributed by atoms with Crippen molar-refractivity contribution in [1.29, 1.82) is 0 Å². The lowest BCUT2D eigenvalue weighted by Gasteiger charge is -2.06. The number of halogens is 1. The highest BCUT2D eigenvalue weighted by molar-refractivity contribution is 8.00. The third-order valence-corrected chi connectivity index (χ3v) is 6.18. The predicted molar refractivity (Wildman–Crippen MR) is 110 cm³/mol. The van der Waals surface area contributed by atoms with E-state index in [0.29, 0.717) is 22.6 Å². The quantitative estimate of drug-likeness (QED) is 0.432. The number of furan rings is 1. The molecule has 4 rings (SSSR count). The van der Waals surface area contributed by atoms with Gasteiger partial charge < -0.3 is 9.73 Å². The monoisotopic (exact) mass is 413 g/mol. The summed E-state index contributed by atoms with van der Waals surface area (Å²) in [6.07, 6.45) is 0. The summed E-state index contributed by atoms with van der Waals surface area (Å²) in [7, 11) is 0. The number of anilines is 1. The molecule has 142 valence electrons. The summed E-state index contributed by atoms with van der Waals surface area (Å²) in [6.45, 7) is 3.57. The molecule has 1 N–H and O–H groups in total. The number of benzene rings is 2. The van der Waals surface area contributed by atoms with E-state index in [1.165, 1.54) is 29.2 Å². The number of amides is 1. The minimum absolute atomic E-state index is 0.218. The molecule has 8 heteroatoms. The molecule has 0 aliphatic rings. The molecule has 0 aliphatic heterocycles. The Morgan fingerprint density at radius 1 is 1.21 bits per heavy atom. The fourth-order valence-corrected chi connectivity index (χ4v) is 4.60. The van der Waals surface area contributed by atoms with Crippen molar-refractivity contribution >= 4 is 45.7 Å². The van der Waals surface area contributed by atoms with Crippen molar-refractivity contribution in [2.24, 2.45) is 0 Å². The molecule has 2 heterocycles. The van der Waals surface area contributed by atoms with Gasteiger partial charge in [-0.2, -0.15) is 0 Å². The number of carbonyl (C=O) groups is 1. The number of hydrogen-bond donors (Lipinski definition) is 1. The summed E-state index contributed by atoms with van der Waals surface area (Å²) in [5.74, 6) is -0.0549. The maximum absolute atomic E-state index is 13.8. The van der Waals surface area contributed by atoms with Crippen molar-refractivity contribution in [2.75, 3.05) is 5.32 Å². The Morgan fingerprint density at radius 2 is 2.04 bits per heavy atom. The van der Waals surface area contributed by atoms with Crippen LogP contribution in [-0.2, 0) is 5.75 Å². The van der Waals surface area contributed by atoms with Gasteiger partial charge in [0.15, 0.2) is 10.1 Å². The molecule has 0 saturated heterocycles. The zero-order valence-electron chi connectivity index (χ0n) is 15.2. The second kappa shape index (κ2) is 7.73. The van der Waals surface area contributed by atoms with Crippen LogP contribution in [0.15, 0.2) is 51.2 Å². The Labute approximate surface area is 169 Å². The molecule has 0 fully saturated rings. The van der Waals surface area contributed by atoms with Crippen molar-refractivity contribution in [3.8, 4) is 0 Å². The molecule has 5 nitrogen and oxygen atoms in total. The number of rotatable bonds is 5. The normalized spacial score (nSPS) is 11.1. The number of hydrogen-bond acceptors (Lipinski definition) is 6. The number of nitrogens with zero attached hydrogens (tertiary/aromatic N) is 2. The van der Waals surface area contributed by atoms with Crippen LogP contribution in [0.25, 0.3) is 11.0 Å². The van der Waals surface area contributed by atoms with E-state index < -0.39 is 5.91 Å². The summed E-state index contributed by atoms with van der Waals surface area (Å²) in [5, 5.41) is 12.6. The molecule has 0 atom stereocenters. The van der Waals surface area contributed by atoms with Crippen molar-refractivity contribution in [3.63, 3.8) is 0 Å². The van der Waals surface area contributed by atoms with Gasteiger partial charge in [-0.15, -0.1) is 10.2 Å². The lowest BCUT2D eigenvalue weighted by atomic mass is 10.1. The maximum Gasteiger partial charge on any atom is 0.291 e. The number of para-hydroxylation sites is 1. The maximum atomic E-state index is 13.8. The van der Waals surface area contributed by atoms with Gasteiger partial charge in [0.05, 0.1) is 0 Å². The van der Waals surface area contributed by atoms with Crippen molar-refractivity contribution in [2.45, 2.75) is 23.9 Å². The molecule has 1 amide bonds. The van der Waals surface area contributed by atoms with Crippen molar-refractivity contribution in [3.05, 3.63) is 70.2 Å². The van der Waals surface area contributed by atoms with Crippen LogP contribution in [0.3, 0.4) is 0 Å². The average molecular weight is 413 g/mol. The van der Waals surface area contributed by atoms with Crippen LogP contribution < -0.4 is 5.32 Å². The van der Waals surface area contributed by atoms with E-state index in [1.807, 2.05) is 31.2 Å². The third kappa shape index (κ3) is 3.79. The standard InChI is InChI=1S/C20H16FN3O2S2/c1-11-7-8-13(9-16(11)21)22-19(25)18-15(10-27-20-24-23-12(2)28-20)14-5-3-4-6-17(14)26-18/h3-9H,10H2,1-2H3,(H,22,25). The van der Waals surface area contributed by atoms with Gasteiger partial charge in [0, 0.05) is 22.4 Å². The molecule has 2 aromatic carbocycles. The van der Waals surface area contributed by atoms with Crippen LogP contribution in [0.4, 0.5) is 10.1 Å². The molecule has 0 radical (unpaired) electrons. The minimum Gasteiger partial charge on any atom is -0.451 e. The van der Waals surface area contributed by atoms with E-state index >= 15 is 0 Å². The van der Waals surface area contributed by atoms with Crippen molar-refractivity contribution in [1.82, 2.24) is 10.2 Å². The zero-order valence-corrected chi connectivity index (χ0v) is 16.8.